The summed E-state index contributed by atoms with van der Waals surface area (Å²) in [4.78, 5) is 12.3. The molecule has 0 N–H and O–H groups in total. The van der Waals surface area contributed by atoms with Crippen LogP contribution in [0.4, 0.5) is 0 Å². The molecule has 2 aromatic carbocycles. The molecular weight excluding hydrogens is 284 g/mol. The molecule has 2 aromatic rings. The van der Waals surface area contributed by atoms with Gasteiger partial charge in [0.25, 0.3) is 0 Å². The van der Waals surface area contributed by atoms with Gasteiger partial charge in [0.2, 0.25) is 0 Å². The predicted octanol–water partition coefficient (Wildman–Crippen LogP) is 4.40. The van der Waals surface area contributed by atoms with Crippen molar-refractivity contribution in [2.24, 2.45) is 5.92 Å². The highest BCUT2D eigenvalue weighted by molar-refractivity contribution is 6.00. The number of ketones is 1. The first-order valence-corrected chi connectivity index (χ1v) is 8.23. The molecule has 0 spiro atoms. The van der Waals surface area contributed by atoms with Crippen molar-refractivity contribution in [1.29, 1.82) is 0 Å². The molecule has 0 heterocycles. The quantitative estimate of drug-likeness (QED) is 0.822. The fraction of sp³-hybridized carbons (Fsp3) is 0.286. The van der Waals surface area contributed by atoms with Gasteiger partial charge in [-0.05, 0) is 65.1 Å². The van der Waals surface area contributed by atoms with Gasteiger partial charge >= 0.3 is 0 Å². The Bertz CT molecular complexity index is 774. The van der Waals surface area contributed by atoms with Crippen molar-refractivity contribution < 1.29 is 9.53 Å². The average molecular weight is 304 g/mol. The second-order valence-corrected chi connectivity index (χ2v) is 6.46. The van der Waals surface area contributed by atoms with Crippen LogP contribution in [0.1, 0.15) is 35.4 Å². The van der Waals surface area contributed by atoms with Crippen LogP contribution in [0.5, 0.6) is 5.75 Å². The van der Waals surface area contributed by atoms with Crippen LogP contribution in [-0.2, 0) is 11.2 Å². The Morgan fingerprint density at radius 1 is 1.04 bits per heavy atom. The van der Waals surface area contributed by atoms with Gasteiger partial charge in [-0.3, -0.25) is 4.79 Å². The minimum absolute atomic E-state index is 0.244. The van der Waals surface area contributed by atoms with Crippen molar-refractivity contribution in [2.45, 2.75) is 25.2 Å². The first kappa shape index (κ1) is 14.3. The molecule has 4 rings (SSSR count). The third kappa shape index (κ3) is 2.48. The number of methoxy groups -OCH3 is 1. The number of carbonyl (C=O) groups is 1. The number of aryl methyl sites for hydroxylation is 1. The summed E-state index contributed by atoms with van der Waals surface area (Å²) in [5, 5.41) is 0. The number of hydrogen-bond donors (Lipinski definition) is 0. The van der Waals surface area contributed by atoms with E-state index in [0.717, 1.165) is 18.6 Å². The van der Waals surface area contributed by atoms with E-state index in [2.05, 4.69) is 36.4 Å². The van der Waals surface area contributed by atoms with E-state index < -0.39 is 0 Å². The highest BCUT2D eigenvalue weighted by Gasteiger charge is 2.36. The van der Waals surface area contributed by atoms with Crippen molar-refractivity contribution in [2.75, 3.05) is 7.11 Å². The zero-order valence-corrected chi connectivity index (χ0v) is 13.3. The lowest BCUT2D eigenvalue weighted by Gasteiger charge is -2.37. The molecule has 0 amide bonds. The Kier molecular flexibility index (Phi) is 3.53. The van der Waals surface area contributed by atoms with E-state index in [0.29, 0.717) is 18.3 Å². The van der Waals surface area contributed by atoms with Gasteiger partial charge in [-0.25, -0.2) is 0 Å². The molecule has 0 bridgehead atoms. The SMILES string of the molecule is COc1ccc2c(c1)CC[C@H]1C2=CC(=O)C[C@H]1c1ccccc1. The maximum absolute atomic E-state index is 12.3. The van der Waals surface area contributed by atoms with E-state index in [1.807, 2.05) is 18.2 Å². The lowest BCUT2D eigenvalue weighted by atomic mass is 9.67. The summed E-state index contributed by atoms with van der Waals surface area (Å²) in [5.74, 6) is 1.88. The Hall–Kier alpha value is -2.35. The number of carbonyl (C=O) groups excluding carboxylic acids is 1. The van der Waals surface area contributed by atoms with E-state index in [1.165, 1.54) is 22.3 Å². The fourth-order valence-electron chi connectivity index (χ4n) is 4.10. The average Bonchev–Trinajstić information content (AvgIpc) is 2.61. The van der Waals surface area contributed by atoms with E-state index >= 15 is 0 Å². The molecule has 116 valence electrons. The van der Waals surface area contributed by atoms with Crippen LogP contribution in [-0.4, -0.2) is 12.9 Å². The Morgan fingerprint density at radius 2 is 1.87 bits per heavy atom. The van der Waals surface area contributed by atoms with Gasteiger partial charge in [-0.15, -0.1) is 0 Å². The summed E-state index contributed by atoms with van der Waals surface area (Å²) >= 11 is 0. The third-order valence-corrected chi connectivity index (χ3v) is 5.20. The van der Waals surface area contributed by atoms with Crippen molar-refractivity contribution in [3.63, 3.8) is 0 Å². The molecule has 2 nitrogen and oxygen atoms in total. The molecular formula is C21H20O2. The number of hydrogen-bond acceptors (Lipinski definition) is 2. The zero-order valence-electron chi connectivity index (χ0n) is 13.3. The second kappa shape index (κ2) is 5.69. The van der Waals surface area contributed by atoms with Gasteiger partial charge in [0, 0.05) is 6.42 Å². The minimum atomic E-state index is 0.244. The molecule has 0 aliphatic heterocycles. The summed E-state index contributed by atoms with van der Waals surface area (Å²) in [6.07, 6.45) is 4.66. The molecule has 2 aliphatic rings. The molecule has 0 saturated heterocycles. The van der Waals surface area contributed by atoms with Gasteiger partial charge in [-0.1, -0.05) is 36.4 Å². The highest BCUT2D eigenvalue weighted by atomic mass is 16.5. The molecule has 23 heavy (non-hydrogen) atoms. The van der Waals surface area contributed by atoms with Gasteiger partial charge in [-0.2, -0.15) is 0 Å². The number of allylic oxidation sites excluding steroid dienone is 2. The van der Waals surface area contributed by atoms with Crippen LogP contribution in [0.2, 0.25) is 0 Å². The first-order chi connectivity index (χ1) is 11.3. The summed E-state index contributed by atoms with van der Waals surface area (Å²) in [6, 6.07) is 16.7. The zero-order chi connectivity index (χ0) is 15.8. The molecule has 0 aromatic heterocycles. The fourth-order valence-corrected chi connectivity index (χ4v) is 4.10. The van der Waals surface area contributed by atoms with Crippen molar-refractivity contribution in [3.8, 4) is 5.75 Å². The smallest absolute Gasteiger partial charge is 0.156 e. The summed E-state index contributed by atoms with van der Waals surface area (Å²) < 4.78 is 5.34. The summed E-state index contributed by atoms with van der Waals surface area (Å²) in [7, 11) is 1.70. The van der Waals surface area contributed by atoms with E-state index in [4.69, 9.17) is 4.74 Å². The predicted molar refractivity (Wildman–Crippen MR) is 91.6 cm³/mol. The van der Waals surface area contributed by atoms with Crippen molar-refractivity contribution >= 4 is 11.4 Å². The van der Waals surface area contributed by atoms with Crippen LogP contribution >= 0.6 is 0 Å². The monoisotopic (exact) mass is 304 g/mol. The van der Waals surface area contributed by atoms with E-state index in [9.17, 15) is 4.79 Å². The number of fused-ring (bicyclic) bond motifs is 3. The van der Waals surface area contributed by atoms with Crippen molar-refractivity contribution in [3.05, 3.63) is 71.3 Å². The number of rotatable bonds is 2. The third-order valence-electron chi connectivity index (χ3n) is 5.20. The van der Waals surface area contributed by atoms with Crippen molar-refractivity contribution in [1.82, 2.24) is 0 Å². The molecule has 0 fully saturated rings. The normalized spacial score (nSPS) is 22.8. The van der Waals surface area contributed by atoms with Gasteiger partial charge in [0.15, 0.2) is 5.78 Å². The van der Waals surface area contributed by atoms with Gasteiger partial charge < -0.3 is 4.74 Å². The van der Waals surface area contributed by atoms with Crippen LogP contribution in [0.3, 0.4) is 0 Å². The van der Waals surface area contributed by atoms with Gasteiger partial charge in [0.1, 0.15) is 5.75 Å². The number of ether oxygens (including phenoxy) is 1. The maximum Gasteiger partial charge on any atom is 0.156 e. The molecule has 2 atom stereocenters. The molecule has 0 radical (unpaired) electrons. The lowest BCUT2D eigenvalue weighted by molar-refractivity contribution is -0.115. The van der Waals surface area contributed by atoms with E-state index in [1.54, 1.807) is 7.11 Å². The number of benzene rings is 2. The highest BCUT2D eigenvalue weighted by Crippen LogP contribution is 2.47. The minimum Gasteiger partial charge on any atom is -0.497 e. The van der Waals surface area contributed by atoms with Crippen LogP contribution in [0.25, 0.3) is 5.57 Å². The second-order valence-electron chi connectivity index (χ2n) is 6.46. The lowest BCUT2D eigenvalue weighted by Crippen LogP contribution is -2.26. The topological polar surface area (TPSA) is 26.3 Å². The summed E-state index contributed by atoms with van der Waals surface area (Å²) in [5.41, 5.74) is 5.04. The van der Waals surface area contributed by atoms with Gasteiger partial charge in [0.05, 0.1) is 7.11 Å². The Labute approximate surface area is 136 Å². The molecule has 0 saturated carbocycles. The Balaban J connectivity index is 1.77. The molecule has 2 aliphatic carbocycles. The maximum atomic E-state index is 12.3. The molecule has 2 heteroatoms. The molecule has 0 unspecified atom stereocenters. The summed E-state index contributed by atoms with van der Waals surface area (Å²) in [6.45, 7) is 0. The van der Waals surface area contributed by atoms with Crippen LogP contribution in [0.15, 0.2) is 54.6 Å². The largest absolute Gasteiger partial charge is 0.497 e. The van der Waals surface area contributed by atoms with Crippen LogP contribution in [0, 0.1) is 5.92 Å². The standard InChI is InChI=1S/C21H20O2/c1-23-17-8-10-18-15(11-17)7-9-19-20(12-16(22)13-21(18)19)14-5-3-2-4-6-14/h2-6,8,10-11,13,19-20H,7,9,12H2,1H3/t19-,20+/m1/s1. The van der Waals surface area contributed by atoms with Crippen LogP contribution < -0.4 is 4.74 Å². The Morgan fingerprint density at radius 3 is 2.65 bits per heavy atom. The first-order valence-electron chi connectivity index (χ1n) is 8.23. The van der Waals surface area contributed by atoms with E-state index in [-0.39, 0.29) is 5.78 Å².